The zero-order chi connectivity index (χ0) is 8.12. The summed E-state index contributed by atoms with van der Waals surface area (Å²) >= 11 is 0. The van der Waals surface area contributed by atoms with Crippen LogP contribution in [0.1, 0.15) is 0 Å². The standard InChI is InChI=1S/3HO2P.Y/c3*1-3-2;/h3*(H,1,2);/q;;;+3/p-3. The van der Waals surface area contributed by atoms with E-state index in [0.29, 0.717) is 0 Å². The molecule has 0 atom stereocenters. The van der Waals surface area contributed by atoms with Crippen molar-refractivity contribution >= 4 is 26.1 Å². The van der Waals surface area contributed by atoms with Gasteiger partial charge >= 0.3 is 32.7 Å². The molecular formula is O6P3Y. The molecule has 0 heterocycles. The van der Waals surface area contributed by atoms with E-state index in [1.54, 1.807) is 0 Å². The van der Waals surface area contributed by atoms with Crippen molar-refractivity contribution in [3.63, 3.8) is 0 Å². The van der Waals surface area contributed by atoms with Crippen LogP contribution in [0.2, 0.25) is 0 Å². The van der Waals surface area contributed by atoms with Crippen LogP contribution in [-0.4, -0.2) is 0 Å². The SMILES string of the molecule is O=P[O-].O=P[O-].O=P[O-].[Y+3]. The first-order valence-electron chi connectivity index (χ1n) is 1.10. The van der Waals surface area contributed by atoms with Crippen LogP contribution in [0.15, 0.2) is 0 Å². The van der Waals surface area contributed by atoms with E-state index in [-0.39, 0.29) is 32.7 Å². The normalized spacial score (nSPS) is 6.30. The topological polar surface area (TPSA) is 120 Å². The second-order valence-electron chi connectivity index (χ2n) is 0.224. The molecule has 0 aliphatic heterocycles. The summed E-state index contributed by atoms with van der Waals surface area (Å²) < 4.78 is 25.0. The van der Waals surface area contributed by atoms with Gasteiger partial charge in [0.25, 0.3) is 0 Å². The second-order valence-corrected chi connectivity index (χ2v) is 0.671. The van der Waals surface area contributed by atoms with Gasteiger partial charge in [0.15, 0.2) is 0 Å². The molecule has 0 unspecified atom stereocenters. The van der Waals surface area contributed by atoms with Crippen molar-refractivity contribution in [3.8, 4) is 0 Å². The van der Waals surface area contributed by atoms with E-state index in [1.807, 2.05) is 0 Å². The van der Waals surface area contributed by atoms with Gasteiger partial charge < -0.3 is 14.7 Å². The molecule has 0 bridgehead atoms. The van der Waals surface area contributed by atoms with E-state index in [9.17, 15) is 0 Å². The maximum absolute atomic E-state index is 8.35. The Labute approximate surface area is 86.8 Å². The van der Waals surface area contributed by atoms with Gasteiger partial charge in [0.05, 0.1) is 26.1 Å². The van der Waals surface area contributed by atoms with Crippen LogP contribution >= 0.6 is 26.1 Å². The molecule has 0 fully saturated rings. The molecule has 6 nitrogen and oxygen atoms in total. The Kier molecular flexibility index (Phi) is 109. The van der Waals surface area contributed by atoms with Gasteiger partial charge in [-0.3, -0.25) is 13.7 Å². The summed E-state index contributed by atoms with van der Waals surface area (Å²) in [6, 6.07) is 0. The molecule has 0 aromatic carbocycles. The summed E-state index contributed by atoms with van der Waals surface area (Å²) in [5.74, 6) is 0. The van der Waals surface area contributed by atoms with Gasteiger partial charge in [-0.1, -0.05) is 0 Å². The van der Waals surface area contributed by atoms with Crippen LogP contribution in [0.5, 0.6) is 0 Å². The Balaban J connectivity index is -0.0000000257. The minimum Gasteiger partial charge on any atom is -0.772 e. The van der Waals surface area contributed by atoms with Crippen LogP contribution < -0.4 is 14.7 Å². The van der Waals surface area contributed by atoms with E-state index < -0.39 is 26.1 Å². The minimum absolute atomic E-state index is 0. The first-order valence-corrected chi connectivity index (χ1v) is 3.29. The molecule has 0 radical (unpaired) electrons. The van der Waals surface area contributed by atoms with Crippen molar-refractivity contribution in [2.24, 2.45) is 0 Å². The zero-order valence-electron chi connectivity index (χ0n) is 4.37. The fraction of sp³-hybridized carbons (Fsp3) is 0. The predicted octanol–water partition coefficient (Wildman–Crippen LogP) is -1.34. The Morgan fingerprint density at radius 1 is 0.700 bits per heavy atom. The number of rotatable bonds is 0. The summed E-state index contributed by atoms with van der Waals surface area (Å²) in [5, 5.41) is 0. The first kappa shape index (κ1) is 22.5. The molecule has 0 aromatic heterocycles. The average molecular weight is 278 g/mol. The summed E-state index contributed by atoms with van der Waals surface area (Å²) in [6.07, 6.45) is 0. The average Bonchev–Trinajstić information content (AvgIpc) is 1.70. The van der Waals surface area contributed by atoms with Crippen LogP contribution in [0.4, 0.5) is 0 Å². The Morgan fingerprint density at radius 2 is 0.700 bits per heavy atom. The van der Waals surface area contributed by atoms with Gasteiger partial charge in [-0.05, 0) is 0 Å². The van der Waals surface area contributed by atoms with E-state index in [4.69, 9.17) is 28.4 Å². The quantitative estimate of drug-likeness (QED) is 0.505. The third-order valence-corrected chi connectivity index (χ3v) is 0. The van der Waals surface area contributed by atoms with Crippen LogP contribution in [0, 0.1) is 0 Å². The molecule has 10 heavy (non-hydrogen) atoms. The third kappa shape index (κ3) is 386. The smallest absolute Gasteiger partial charge is 0.772 e. The zero-order valence-corrected chi connectivity index (χ0v) is 9.89. The summed E-state index contributed by atoms with van der Waals surface area (Å²) in [5.41, 5.74) is 0. The Morgan fingerprint density at radius 3 is 0.700 bits per heavy atom. The van der Waals surface area contributed by atoms with E-state index in [1.165, 1.54) is 0 Å². The molecule has 0 amide bonds. The van der Waals surface area contributed by atoms with Crippen LogP contribution in [0.3, 0.4) is 0 Å². The third-order valence-electron chi connectivity index (χ3n) is 0. The van der Waals surface area contributed by atoms with Crippen LogP contribution in [-0.2, 0) is 46.4 Å². The van der Waals surface area contributed by atoms with Crippen LogP contribution in [0.25, 0.3) is 0 Å². The molecule has 0 saturated carbocycles. The van der Waals surface area contributed by atoms with Crippen molar-refractivity contribution in [3.05, 3.63) is 0 Å². The van der Waals surface area contributed by atoms with Crippen molar-refractivity contribution in [2.75, 3.05) is 0 Å². The van der Waals surface area contributed by atoms with E-state index in [2.05, 4.69) is 0 Å². The summed E-state index contributed by atoms with van der Waals surface area (Å²) in [6.45, 7) is 0. The van der Waals surface area contributed by atoms with Gasteiger partial charge in [0, 0.05) is 0 Å². The van der Waals surface area contributed by atoms with Gasteiger partial charge in [-0.2, -0.15) is 0 Å². The fourth-order valence-electron chi connectivity index (χ4n) is 0. The molecule has 0 aliphatic rings. The molecule has 0 rings (SSSR count). The molecule has 10 heteroatoms. The van der Waals surface area contributed by atoms with E-state index in [0.717, 1.165) is 0 Å². The Bertz CT molecular complexity index is 49.7. The van der Waals surface area contributed by atoms with Crippen molar-refractivity contribution in [1.82, 2.24) is 0 Å². The molecule has 0 aliphatic carbocycles. The Hall–Kier alpha value is 1.28. The van der Waals surface area contributed by atoms with Crippen molar-refractivity contribution < 1.29 is 61.1 Å². The molecule has 0 saturated heterocycles. The van der Waals surface area contributed by atoms with E-state index >= 15 is 0 Å². The summed E-state index contributed by atoms with van der Waals surface area (Å²) in [7, 11) is -3.25. The van der Waals surface area contributed by atoms with Gasteiger partial charge in [-0.15, -0.1) is 0 Å². The molecule has 54 valence electrons. The number of hydrogen-bond donors (Lipinski definition) is 0. The molecule has 0 N–H and O–H groups in total. The van der Waals surface area contributed by atoms with Gasteiger partial charge in [0.2, 0.25) is 0 Å². The molecule has 0 aromatic rings. The predicted molar refractivity (Wildman–Crippen MR) is 22.8 cm³/mol. The molecular weight excluding hydrogens is 278 g/mol. The largest absolute Gasteiger partial charge is 3.00 e. The maximum atomic E-state index is 8.35. The first-order chi connectivity index (χ1) is 4.24. The van der Waals surface area contributed by atoms with Crippen molar-refractivity contribution in [1.29, 1.82) is 0 Å². The van der Waals surface area contributed by atoms with Gasteiger partial charge in [0.1, 0.15) is 0 Å². The molecule has 0 spiro atoms. The monoisotopic (exact) mass is 278 g/mol. The van der Waals surface area contributed by atoms with Crippen molar-refractivity contribution in [2.45, 2.75) is 0 Å². The number of hydrogen-bond acceptors (Lipinski definition) is 6. The summed E-state index contributed by atoms with van der Waals surface area (Å²) in [4.78, 5) is 25.0. The minimum atomic E-state index is -1.08. The fourth-order valence-corrected chi connectivity index (χ4v) is 0. The van der Waals surface area contributed by atoms with Gasteiger partial charge in [-0.25, -0.2) is 0 Å². The maximum Gasteiger partial charge on any atom is 3.00 e. The second kappa shape index (κ2) is 48.3.